The van der Waals surface area contributed by atoms with Gasteiger partial charge < -0.3 is 20.1 Å². The molecule has 0 saturated heterocycles. The molecule has 1 heterocycles. The van der Waals surface area contributed by atoms with Gasteiger partial charge in [0.15, 0.2) is 0 Å². The average Bonchev–Trinajstić information content (AvgIpc) is 2.64. The Labute approximate surface area is 89.9 Å². The monoisotopic (exact) mass is 213 g/mol. The smallest absolute Gasteiger partial charge is 0.0949 e. The van der Waals surface area contributed by atoms with Gasteiger partial charge in [-0.15, -0.1) is 0 Å². The molecule has 0 saturated carbocycles. The number of methoxy groups -OCH3 is 1. The van der Waals surface area contributed by atoms with Gasteiger partial charge in [-0.3, -0.25) is 0 Å². The highest BCUT2D eigenvalue weighted by atomic mass is 16.5. The van der Waals surface area contributed by atoms with Crippen molar-refractivity contribution in [1.82, 2.24) is 9.55 Å². The van der Waals surface area contributed by atoms with Crippen molar-refractivity contribution in [2.24, 2.45) is 5.73 Å². The van der Waals surface area contributed by atoms with Crippen LogP contribution in [0.4, 0.5) is 0 Å². The van der Waals surface area contributed by atoms with Crippen molar-refractivity contribution < 1.29 is 9.84 Å². The van der Waals surface area contributed by atoms with Gasteiger partial charge in [0.2, 0.25) is 0 Å². The standard InChI is InChI=1S/C10H19N3O2/c1-10(2,15-3)6-13-7-12-4-9(13)8(11)5-14/h4,7-8,14H,5-6,11H2,1-3H3. The van der Waals surface area contributed by atoms with Crippen molar-refractivity contribution >= 4 is 0 Å². The minimum absolute atomic E-state index is 0.0842. The van der Waals surface area contributed by atoms with Crippen molar-refractivity contribution in [3.05, 3.63) is 18.2 Å². The van der Waals surface area contributed by atoms with Gasteiger partial charge in [0.1, 0.15) is 0 Å². The summed E-state index contributed by atoms with van der Waals surface area (Å²) in [5.41, 5.74) is 6.30. The Bertz CT molecular complexity index is 309. The van der Waals surface area contributed by atoms with Gasteiger partial charge >= 0.3 is 0 Å². The number of nitrogens with zero attached hydrogens (tertiary/aromatic N) is 2. The van der Waals surface area contributed by atoms with Crippen molar-refractivity contribution in [3.63, 3.8) is 0 Å². The maximum atomic E-state index is 8.99. The molecule has 0 bridgehead atoms. The van der Waals surface area contributed by atoms with Gasteiger partial charge in [-0.25, -0.2) is 4.98 Å². The van der Waals surface area contributed by atoms with E-state index in [1.807, 2.05) is 18.4 Å². The van der Waals surface area contributed by atoms with Gasteiger partial charge in [0.25, 0.3) is 0 Å². The van der Waals surface area contributed by atoms with Crippen LogP contribution in [0.15, 0.2) is 12.5 Å². The molecular weight excluding hydrogens is 194 g/mol. The van der Waals surface area contributed by atoms with Crippen LogP contribution in [0.5, 0.6) is 0 Å². The van der Waals surface area contributed by atoms with Crippen LogP contribution in [0.3, 0.4) is 0 Å². The fourth-order valence-corrected chi connectivity index (χ4v) is 1.34. The summed E-state index contributed by atoms with van der Waals surface area (Å²) in [6.45, 7) is 4.55. The summed E-state index contributed by atoms with van der Waals surface area (Å²) in [5, 5.41) is 8.99. The van der Waals surface area contributed by atoms with Crippen LogP contribution in [-0.4, -0.2) is 34.0 Å². The largest absolute Gasteiger partial charge is 0.394 e. The second kappa shape index (κ2) is 4.74. The molecule has 0 fully saturated rings. The van der Waals surface area contributed by atoms with Crippen LogP contribution in [0.25, 0.3) is 0 Å². The average molecular weight is 213 g/mol. The molecule has 0 aliphatic heterocycles. The molecule has 5 heteroatoms. The number of hydrogen-bond acceptors (Lipinski definition) is 4. The summed E-state index contributed by atoms with van der Waals surface area (Å²) in [7, 11) is 1.67. The zero-order chi connectivity index (χ0) is 11.5. The molecule has 0 spiro atoms. The Morgan fingerprint density at radius 3 is 2.87 bits per heavy atom. The van der Waals surface area contributed by atoms with Crippen LogP contribution < -0.4 is 5.73 Å². The lowest BCUT2D eigenvalue weighted by Crippen LogP contribution is -2.31. The normalized spacial score (nSPS) is 14.2. The van der Waals surface area contributed by atoms with E-state index in [1.165, 1.54) is 0 Å². The lowest BCUT2D eigenvalue weighted by molar-refractivity contribution is 0.00721. The molecule has 0 radical (unpaired) electrons. The Balaban J connectivity index is 2.82. The van der Waals surface area contributed by atoms with Crippen LogP contribution in [0, 0.1) is 0 Å². The van der Waals surface area contributed by atoms with E-state index in [2.05, 4.69) is 4.98 Å². The van der Waals surface area contributed by atoms with E-state index in [0.29, 0.717) is 6.54 Å². The third-order valence-electron chi connectivity index (χ3n) is 2.42. The molecular formula is C10H19N3O2. The van der Waals surface area contributed by atoms with E-state index in [0.717, 1.165) is 5.69 Å². The molecule has 3 N–H and O–H groups in total. The van der Waals surface area contributed by atoms with E-state index < -0.39 is 0 Å². The molecule has 1 aromatic rings. The van der Waals surface area contributed by atoms with E-state index >= 15 is 0 Å². The van der Waals surface area contributed by atoms with Crippen molar-refractivity contribution in [1.29, 1.82) is 0 Å². The minimum atomic E-state index is -0.389. The molecule has 0 aliphatic carbocycles. The molecule has 1 atom stereocenters. The highest BCUT2D eigenvalue weighted by Gasteiger charge is 2.20. The van der Waals surface area contributed by atoms with E-state index in [9.17, 15) is 0 Å². The summed E-state index contributed by atoms with van der Waals surface area (Å²) in [6, 6.07) is -0.389. The Hall–Kier alpha value is -0.910. The number of rotatable bonds is 5. The number of aliphatic hydroxyl groups is 1. The van der Waals surface area contributed by atoms with Crippen LogP contribution in [-0.2, 0) is 11.3 Å². The van der Waals surface area contributed by atoms with E-state index in [1.54, 1.807) is 19.6 Å². The third-order valence-corrected chi connectivity index (χ3v) is 2.42. The predicted molar refractivity (Wildman–Crippen MR) is 57.3 cm³/mol. The number of aromatic nitrogens is 2. The second-order valence-corrected chi connectivity index (χ2v) is 4.20. The van der Waals surface area contributed by atoms with Crippen molar-refractivity contribution in [3.8, 4) is 0 Å². The van der Waals surface area contributed by atoms with Crippen LogP contribution in [0.2, 0.25) is 0 Å². The number of nitrogens with two attached hydrogens (primary N) is 1. The molecule has 0 aromatic carbocycles. The lowest BCUT2D eigenvalue weighted by atomic mass is 10.1. The lowest BCUT2D eigenvalue weighted by Gasteiger charge is -2.25. The molecule has 1 rings (SSSR count). The first-order valence-electron chi connectivity index (χ1n) is 4.92. The van der Waals surface area contributed by atoms with Gasteiger partial charge in [0.05, 0.1) is 36.8 Å². The van der Waals surface area contributed by atoms with Crippen molar-refractivity contribution in [2.45, 2.75) is 32.0 Å². The Kier molecular flexibility index (Phi) is 3.84. The maximum Gasteiger partial charge on any atom is 0.0949 e. The Morgan fingerprint density at radius 1 is 1.67 bits per heavy atom. The second-order valence-electron chi connectivity index (χ2n) is 4.20. The fourth-order valence-electron chi connectivity index (χ4n) is 1.34. The number of aliphatic hydroxyl groups excluding tert-OH is 1. The highest BCUT2D eigenvalue weighted by Crippen LogP contribution is 2.15. The van der Waals surface area contributed by atoms with E-state index in [-0.39, 0.29) is 18.2 Å². The van der Waals surface area contributed by atoms with Gasteiger partial charge in [-0.1, -0.05) is 0 Å². The first kappa shape index (κ1) is 12.2. The SMILES string of the molecule is COC(C)(C)Cn1cncc1C(N)CO. The van der Waals surface area contributed by atoms with Crippen LogP contribution >= 0.6 is 0 Å². The maximum absolute atomic E-state index is 8.99. The molecule has 1 aromatic heterocycles. The minimum Gasteiger partial charge on any atom is -0.394 e. The van der Waals surface area contributed by atoms with E-state index in [4.69, 9.17) is 15.6 Å². The molecule has 0 aliphatic rings. The summed E-state index contributed by atoms with van der Waals surface area (Å²) in [4.78, 5) is 4.03. The third kappa shape index (κ3) is 3.02. The quantitative estimate of drug-likeness (QED) is 0.738. The summed E-state index contributed by atoms with van der Waals surface area (Å²) in [6.07, 6.45) is 3.37. The molecule has 15 heavy (non-hydrogen) atoms. The first-order valence-corrected chi connectivity index (χ1v) is 4.92. The number of hydrogen-bond donors (Lipinski definition) is 2. The van der Waals surface area contributed by atoms with Gasteiger partial charge in [-0.2, -0.15) is 0 Å². The summed E-state index contributed by atoms with van der Waals surface area (Å²) < 4.78 is 7.23. The molecule has 86 valence electrons. The fraction of sp³-hybridized carbons (Fsp3) is 0.700. The van der Waals surface area contributed by atoms with Gasteiger partial charge in [0, 0.05) is 13.3 Å². The topological polar surface area (TPSA) is 73.3 Å². The summed E-state index contributed by atoms with van der Waals surface area (Å²) in [5.74, 6) is 0. The molecule has 0 amide bonds. The summed E-state index contributed by atoms with van der Waals surface area (Å²) >= 11 is 0. The number of ether oxygens (including phenoxy) is 1. The molecule has 1 unspecified atom stereocenters. The zero-order valence-electron chi connectivity index (χ0n) is 9.47. The molecule has 5 nitrogen and oxygen atoms in total. The first-order chi connectivity index (χ1) is 7.00. The van der Waals surface area contributed by atoms with Crippen molar-refractivity contribution in [2.75, 3.05) is 13.7 Å². The Morgan fingerprint density at radius 2 is 2.33 bits per heavy atom. The predicted octanol–water partition coefficient (Wildman–Crippen LogP) is 0.300. The van der Waals surface area contributed by atoms with Crippen LogP contribution in [0.1, 0.15) is 25.6 Å². The zero-order valence-corrected chi connectivity index (χ0v) is 9.47. The van der Waals surface area contributed by atoms with Gasteiger partial charge in [-0.05, 0) is 13.8 Å². The highest BCUT2D eigenvalue weighted by molar-refractivity contribution is 5.05. The number of imidazole rings is 1.